The molecule has 0 aliphatic carbocycles. The summed E-state index contributed by atoms with van der Waals surface area (Å²) in [6.45, 7) is 0.0628. The van der Waals surface area contributed by atoms with E-state index in [9.17, 15) is 19.8 Å². The van der Waals surface area contributed by atoms with Crippen LogP contribution >= 0.6 is 0 Å². The molecule has 0 saturated carbocycles. The Kier molecular flexibility index (Phi) is 9.54. The van der Waals surface area contributed by atoms with E-state index in [1.165, 1.54) is 17.0 Å². The second-order valence-corrected chi connectivity index (χ2v) is 8.13. The Balaban J connectivity index is 0.000000275. The first-order chi connectivity index (χ1) is 17.4. The van der Waals surface area contributed by atoms with Gasteiger partial charge in [0.1, 0.15) is 11.5 Å². The minimum absolute atomic E-state index is 0.0700. The van der Waals surface area contributed by atoms with Gasteiger partial charge < -0.3 is 30.3 Å². The van der Waals surface area contributed by atoms with Crippen molar-refractivity contribution >= 4 is 11.8 Å². The first-order valence-corrected chi connectivity index (χ1v) is 11.4. The third kappa shape index (κ3) is 6.67. The van der Waals surface area contributed by atoms with Crippen molar-refractivity contribution in [2.45, 2.75) is 32.8 Å². The fourth-order valence-corrected chi connectivity index (χ4v) is 3.77. The highest BCUT2D eigenvalue weighted by atomic mass is 16.5. The van der Waals surface area contributed by atoms with E-state index in [0.717, 1.165) is 0 Å². The number of aliphatic hydroxyl groups excluding tert-OH is 4. The number of hydrogen-bond donors (Lipinski definition) is 5. The first-order valence-electron chi connectivity index (χ1n) is 11.4. The quantitative estimate of drug-likeness (QED) is 0.224. The SMILES string of the molecule is O=C1c2ccccc2C(=O)N1CCCOc1cc(CO)cc(CO)c1.OCc1cc(O)cc(CO)c1. The van der Waals surface area contributed by atoms with Crippen LogP contribution in [0.2, 0.25) is 0 Å². The van der Waals surface area contributed by atoms with Gasteiger partial charge in [0.2, 0.25) is 0 Å². The summed E-state index contributed by atoms with van der Waals surface area (Å²) in [5.41, 5.74) is 3.40. The number of phenolic OH excluding ortho intramolecular Hbond substituents is 1. The van der Waals surface area contributed by atoms with Crippen LogP contribution in [0.5, 0.6) is 11.5 Å². The molecule has 190 valence electrons. The van der Waals surface area contributed by atoms with Crippen molar-refractivity contribution in [1.29, 1.82) is 0 Å². The molecular formula is C27H29NO8. The van der Waals surface area contributed by atoms with Crippen molar-refractivity contribution in [2.75, 3.05) is 13.2 Å². The maximum atomic E-state index is 12.2. The van der Waals surface area contributed by atoms with E-state index in [4.69, 9.17) is 20.1 Å². The van der Waals surface area contributed by atoms with Gasteiger partial charge in [0.05, 0.1) is 44.2 Å². The van der Waals surface area contributed by atoms with Gasteiger partial charge in [-0.3, -0.25) is 14.5 Å². The molecule has 36 heavy (non-hydrogen) atoms. The molecule has 1 heterocycles. The summed E-state index contributed by atoms with van der Waals surface area (Å²) in [7, 11) is 0. The van der Waals surface area contributed by atoms with Gasteiger partial charge in [-0.25, -0.2) is 0 Å². The van der Waals surface area contributed by atoms with E-state index >= 15 is 0 Å². The molecule has 9 nitrogen and oxygen atoms in total. The van der Waals surface area contributed by atoms with E-state index < -0.39 is 0 Å². The number of nitrogens with zero attached hydrogens (tertiary/aromatic N) is 1. The third-order valence-corrected chi connectivity index (χ3v) is 5.47. The Morgan fingerprint density at radius 3 is 1.56 bits per heavy atom. The van der Waals surface area contributed by atoms with Gasteiger partial charge in [-0.15, -0.1) is 0 Å². The van der Waals surface area contributed by atoms with Crippen molar-refractivity contribution in [3.8, 4) is 11.5 Å². The number of benzene rings is 3. The van der Waals surface area contributed by atoms with E-state index in [-0.39, 0.29) is 50.5 Å². The number of ether oxygens (including phenoxy) is 1. The Morgan fingerprint density at radius 1 is 0.667 bits per heavy atom. The lowest BCUT2D eigenvalue weighted by atomic mass is 10.1. The molecule has 5 N–H and O–H groups in total. The molecule has 1 aliphatic rings. The fraction of sp³-hybridized carbons (Fsp3) is 0.259. The summed E-state index contributed by atoms with van der Waals surface area (Å²) >= 11 is 0. The largest absolute Gasteiger partial charge is 0.508 e. The number of fused-ring (bicyclic) bond motifs is 1. The Labute approximate surface area is 208 Å². The molecule has 4 rings (SSSR count). The Bertz CT molecular complexity index is 1130. The van der Waals surface area contributed by atoms with Crippen molar-refractivity contribution in [1.82, 2.24) is 4.90 Å². The summed E-state index contributed by atoms with van der Waals surface area (Å²) in [6.07, 6.45) is 0.489. The minimum atomic E-state index is -0.273. The molecule has 2 amide bonds. The molecule has 0 fully saturated rings. The van der Waals surface area contributed by atoms with Crippen molar-refractivity contribution in [3.05, 3.63) is 94.0 Å². The van der Waals surface area contributed by atoms with Gasteiger partial charge in [-0.05, 0) is 65.1 Å². The number of aromatic hydroxyl groups is 1. The second-order valence-electron chi connectivity index (χ2n) is 8.13. The van der Waals surface area contributed by atoms with E-state index in [1.807, 2.05) is 0 Å². The van der Waals surface area contributed by atoms with Gasteiger partial charge in [-0.1, -0.05) is 24.3 Å². The predicted molar refractivity (Wildman–Crippen MR) is 130 cm³/mol. The molecule has 1 aliphatic heterocycles. The standard InChI is InChI=1S/C19H19NO5.C8H10O3/c21-11-13-8-14(12-22)10-15(9-13)25-7-3-6-20-18(23)16-4-1-2-5-17(16)19(20)24;9-4-6-1-7(5-10)3-8(11)2-6/h1-2,4-5,8-10,21-22H,3,6-7,11-12H2;1-3,9-11H,4-5H2. The van der Waals surface area contributed by atoms with Gasteiger partial charge in [0.15, 0.2) is 0 Å². The smallest absolute Gasteiger partial charge is 0.261 e. The van der Waals surface area contributed by atoms with Crippen LogP contribution in [0.15, 0.2) is 60.7 Å². The van der Waals surface area contributed by atoms with Crippen molar-refractivity contribution in [2.24, 2.45) is 0 Å². The van der Waals surface area contributed by atoms with Crippen LogP contribution in [0.3, 0.4) is 0 Å². The molecule has 0 spiro atoms. The van der Waals surface area contributed by atoms with E-state index in [1.54, 1.807) is 48.5 Å². The zero-order chi connectivity index (χ0) is 26.1. The normalized spacial score (nSPS) is 12.3. The van der Waals surface area contributed by atoms with Crippen LogP contribution in [0.4, 0.5) is 0 Å². The lowest BCUT2D eigenvalue weighted by Crippen LogP contribution is -2.31. The molecule has 0 radical (unpaired) electrons. The number of amides is 2. The number of carbonyl (C=O) groups excluding carboxylic acids is 2. The second kappa shape index (κ2) is 12.8. The molecule has 3 aromatic rings. The highest BCUT2D eigenvalue weighted by molar-refractivity contribution is 6.21. The lowest BCUT2D eigenvalue weighted by Gasteiger charge is -2.14. The number of phenols is 1. The highest BCUT2D eigenvalue weighted by Crippen LogP contribution is 2.23. The Hall–Kier alpha value is -3.76. The van der Waals surface area contributed by atoms with Crippen molar-refractivity contribution in [3.63, 3.8) is 0 Å². The van der Waals surface area contributed by atoms with E-state index in [0.29, 0.717) is 52.2 Å². The van der Waals surface area contributed by atoms with Gasteiger partial charge in [-0.2, -0.15) is 0 Å². The van der Waals surface area contributed by atoms with Crippen LogP contribution in [0, 0.1) is 0 Å². The van der Waals surface area contributed by atoms with Crippen LogP contribution in [-0.2, 0) is 26.4 Å². The maximum absolute atomic E-state index is 12.2. The topological polar surface area (TPSA) is 148 Å². The zero-order valence-electron chi connectivity index (χ0n) is 19.6. The molecule has 9 heteroatoms. The monoisotopic (exact) mass is 495 g/mol. The number of aliphatic hydroxyl groups is 4. The summed E-state index contributed by atoms with van der Waals surface area (Å²) < 4.78 is 5.63. The number of carbonyl (C=O) groups is 2. The summed E-state index contributed by atoms with van der Waals surface area (Å²) in [4.78, 5) is 25.7. The predicted octanol–water partition coefficient (Wildman–Crippen LogP) is 2.11. The fourth-order valence-electron chi connectivity index (χ4n) is 3.77. The lowest BCUT2D eigenvalue weighted by molar-refractivity contribution is 0.0646. The number of rotatable bonds is 9. The highest BCUT2D eigenvalue weighted by Gasteiger charge is 2.34. The Morgan fingerprint density at radius 2 is 1.11 bits per heavy atom. The summed E-state index contributed by atoms with van der Waals surface area (Å²) in [6, 6.07) is 16.4. The summed E-state index contributed by atoms with van der Waals surface area (Å²) in [5, 5.41) is 44.9. The molecule has 0 bridgehead atoms. The van der Waals surface area contributed by atoms with Gasteiger partial charge in [0.25, 0.3) is 11.8 Å². The third-order valence-electron chi connectivity index (χ3n) is 5.47. The molecule has 0 atom stereocenters. The van der Waals surface area contributed by atoms with Gasteiger partial charge in [0, 0.05) is 6.54 Å². The number of hydrogen-bond acceptors (Lipinski definition) is 8. The van der Waals surface area contributed by atoms with Crippen LogP contribution in [-0.4, -0.2) is 55.4 Å². The van der Waals surface area contributed by atoms with Crippen molar-refractivity contribution < 1.29 is 39.9 Å². The molecular weight excluding hydrogens is 466 g/mol. The molecule has 3 aromatic carbocycles. The minimum Gasteiger partial charge on any atom is -0.508 e. The first kappa shape index (κ1) is 26.8. The average molecular weight is 496 g/mol. The van der Waals surface area contributed by atoms with E-state index in [2.05, 4.69) is 0 Å². The number of imide groups is 1. The average Bonchev–Trinajstić information content (AvgIpc) is 3.15. The zero-order valence-corrected chi connectivity index (χ0v) is 19.6. The van der Waals surface area contributed by atoms with Gasteiger partial charge >= 0.3 is 0 Å². The maximum Gasteiger partial charge on any atom is 0.261 e. The molecule has 0 unspecified atom stereocenters. The summed E-state index contributed by atoms with van der Waals surface area (Å²) in [5.74, 6) is 0.0643. The van der Waals surface area contributed by atoms with Crippen LogP contribution in [0.25, 0.3) is 0 Å². The van der Waals surface area contributed by atoms with Crippen LogP contribution < -0.4 is 4.74 Å². The van der Waals surface area contributed by atoms with Crippen LogP contribution in [0.1, 0.15) is 49.4 Å². The molecule has 0 saturated heterocycles. The molecule has 0 aromatic heterocycles.